The van der Waals surface area contributed by atoms with Crippen LogP contribution in [0.1, 0.15) is 38.4 Å². The number of carbonyl (C=O) groups excluding carboxylic acids is 1. The molecule has 0 unspecified atom stereocenters. The van der Waals surface area contributed by atoms with Crippen LogP contribution in [0.4, 0.5) is 0 Å². The third-order valence-electron chi connectivity index (χ3n) is 4.77. The van der Waals surface area contributed by atoms with Gasteiger partial charge < -0.3 is 15.2 Å². The molecule has 0 saturated heterocycles. The van der Waals surface area contributed by atoms with Crippen molar-refractivity contribution in [3.05, 3.63) is 76.0 Å². The Balaban J connectivity index is 1.53. The molecule has 0 aliphatic carbocycles. The van der Waals surface area contributed by atoms with Gasteiger partial charge in [0.25, 0.3) is 5.91 Å². The average Bonchev–Trinajstić information content (AvgIpc) is 3.26. The van der Waals surface area contributed by atoms with Crippen molar-refractivity contribution >= 4 is 5.91 Å². The van der Waals surface area contributed by atoms with Crippen molar-refractivity contribution in [2.24, 2.45) is 0 Å². The van der Waals surface area contributed by atoms with E-state index in [4.69, 9.17) is 4.52 Å². The highest BCUT2D eigenvalue weighted by molar-refractivity contribution is 6.00. The molecule has 26 heavy (non-hydrogen) atoms. The Kier molecular flexibility index (Phi) is 4.31. The minimum atomic E-state index is -0.169. The van der Waals surface area contributed by atoms with Gasteiger partial charge in [-0.1, -0.05) is 53.2 Å². The molecule has 1 aromatic heterocycles. The van der Waals surface area contributed by atoms with Crippen LogP contribution in [0.2, 0.25) is 0 Å². The van der Waals surface area contributed by atoms with E-state index in [1.165, 1.54) is 11.1 Å². The van der Waals surface area contributed by atoms with Gasteiger partial charge in [-0.25, -0.2) is 0 Å². The number of nitrogens with one attached hydrogen (secondary N) is 2. The molecule has 5 nitrogen and oxygen atoms in total. The second-order valence-corrected chi connectivity index (χ2v) is 6.72. The van der Waals surface area contributed by atoms with Crippen LogP contribution in [-0.4, -0.2) is 11.1 Å². The highest BCUT2D eigenvalue weighted by Crippen LogP contribution is 2.25. The maximum Gasteiger partial charge on any atom is 0.257 e. The van der Waals surface area contributed by atoms with Crippen LogP contribution in [0, 0.1) is 13.8 Å². The van der Waals surface area contributed by atoms with E-state index in [-0.39, 0.29) is 5.91 Å². The van der Waals surface area contributed by atoms with Gasteiger partial charge in [0.1, 0.15) is 17.0 Å². The molecule has 5 heteroatoms. The molecule has 0 radical (unpaired) electrons. The van der Waals surface area contributed by atoms with Gasteiger partial charge in [-0.15, -0.1) is 0 Å². The zero-order chi connectivity index (χ0) is 18.1. The lowest BCUT2D eigenvalue weighted by Crippen LogP contribution is -2.23. The highest BCUT2D eigenvalue weighted by Gasteiger charge is 2.21. The van der Waals surface area contributed by atoms with Crippen LogP contribution in [0.25, 0.3) is 11.3 Å². The highest BCUT2D eigenvalue weighted by atomic mass is 16.5. The number of hydrogen-bond donors (Lipinski definition) is 2. The summed E-state index contributed by atoms with van der Waals surface area (Å²) >= 11 is 0. The summed E-state index contributed by atoms with van der Waals surface area (Å²) in [6, 6.07) is 14.2. The van der Waals surface area contributed by atoms with E-state index in [1.807, 2.05) is 31.2 Å². The Morgan fingerprint density at radius 3 is 2.69 bits per heavy atom. The molecule has 0 spiro atoms. The van der Waals surface area contributed by atoms with Gasteiger partial charge in [0.2, 0.25) is 0 Å². The van der Waals surface area contributed by atoms with Crippen molar-refractivity contribution in [3.63, 3.8) is 0 Å². The van der Waals surface area contributed by atoms with Gasteiger partial charge in [0.05, 0.1) is 0 Å². The fourth-order valence-electron chi connectivity index (χ4n) is 3.28. The largest absolute Gasteiger partial charge is 0.360 e. The minimum Gasteiger partial charge on any atom is -0.360 e. The summed E-state index contributed by atoms with van der Waals surface area (Å²) in [4.78, 5) is 12.8. The van der Waals surface area contributed by atoms with Crippen molar-refractivity contribution < 1.29 is 9.32 Å². The van der Waals surface area contributed by atoms with Crippen molar-refractivity contribution in [1.82, 2.24) is 15.8 Å². The molecule has 2 aromatic carbocycles. The van der Waals surface area contributed by atoms with Gasteiger partial charge in [0.15, 0.2) is 0 Å². The number of nitrogens with zero attached hydrogens (tertiary/aromatic N) is 1. The summed E-state index contributed by atoms with van der Waals surface area (Å²) in [6.07, 6.45) is 0. The molecule has 132 valence electrons. The monoisotopic (exact) mass is 347 g/mol. The Morgan fingerprint density at radius 1 is 1.12 bits per heavy atom. The smallest absolute Gasteiger partial charge is 0.257 e. The quantitative estimate of drug-likeness (QED) is 0.758. The van der Waals surface area contributed by atoms with Crippen LogP contribution in [0.15, 0.2) is 47.0 Å². The first-order valence-electron chi connectivity index (χ1n) is 8.75. The number of aryl methyl sites for hydroxylation is 2. The number of benzene rings is 2. The molecule has 1 aliphatic rings. The molecule has 1 aliphatic heterocycles. The molecule has 1 amide bonds. The predicted molar refractivity (Wildman–Crippen MR) is 99.6 cm³/mol. The lowest BCUT2D eigenvalue weighted by Gasteiger charge is -2.08. The van der Waals surface area contributed by atoms with Crippen molar-refractivity contribution in [3.8, 4) is 11.3 Å². The maximum absolute atomic E-state index is 12.8. The van der Waals surface area contributed by atoms with Gasteiger partial charge in [-0.3, -0.25) is 4.79 Å². The molecule has 0 atom stereocenters. The first kappa shape index (κ1) is 16.5. The topological polar surface area (TPSA) is 67.2 Å². The number of hydrogen-bond acceptors (Lipinski definition) is 4. The lowest BCUT2D eigenvalue weighted by atomic mass is 10.0. The lowest BCUT2D eigenvalue weighted by molar-refractivity contribution is 0.0950. The number of rotatable bonds is 4. The van der Waals surface area contributed by atoms with E-state index in [2.05, 4.69) is 34.0 Å². The van der Waals surface area contributed by atoms with Gasteiger partial charge in [-0.2, -0.15) is 0 Å². The zero-order valence-electron chi connectivity index (χ0n) is 14.9. The predicted octanol–water partition coefficient (Wildman–Crippen LogP) is 3.49. The maximum atomic E-state index is 12.8. The van der Waals surface area contributed by atoms with E-state index < -0.39 is 0 Å². The average molecular weight is 347 g/mol. The second kappa shape index (κ2) is 6.77. The van der Waals surface area contributed by atoms with E-state index in [9.17, 15) is 4.79 Å². The Hall–Kier alpha value is -2.92. The normalized spacial score (nSPS) is 12.8. The molecule has 0 fully saturated rings. The van der Waals surface area contributed by atoms with Crippen LogP contribution in [0.5, 0.6) is 0 Å². The molecule has 0 bridgehead atoms. The first-order chi connectivity index (χ1) is 12.6. The van der Waals surface area contributed by atoms with E-state index in [0.29, 0.717) is 23.6 Å². The fraction of sp³-hybridized carbons (Fsp3) is 0.238. The zero-order valence-corrected chi connectivity index (χ0v) is 14.9. The van der Waals surface area contributed by atoms with Crippen LogP contribution < -0.4 is 10.6 Å². The number of fused-ring (bicyclic) bond motifs is 1. The summed E-state index contributed by atoms with van der Waals surface area (Å²) in [6.45, 7) is 6.07. The summed E-state index contributed by atoms with van der Waals surface area (Å²) in [5, 5.41) is 10.4. The summed E-state index contributed by atoms with van der Waals surface area (Å²) < 4.78 is 5.29. The van der Waals surface area contributed by atoms with E-state index >= 15 is 0 Å². The standard InChI is InChI=1S/C21H21N3O2/c1-13-3-6-16(7-4-13)20-19(14(2)26-24-20)21(25)23-10-15-5-8-17-11-22-12-18(17)9-15/h3-9,22H,10-12H2,1-2H3,(H,23,25). The van der Waals surface area contributed by atoms with E-state index in [0.717, 1.165) is 29.8 Å². The molecule has 2 heterocycles. The van der Waals surface area contributed by atoms with Crippen LogP contribution in [0.3, 0.4) is 0 Å². The molecular weight excluding hydrogens is 326 g/mol. The summed E-state index contributed by atoms with van der Waals surface area (Å²) in [5.74, 6) is 0.356. The molecule has 4 rings (SSSR count). The van der Waals surface area contributed by atoms with Gasteiger partial charge in [0, 0.05) is 25.2 Å². The van der Waals surface area contributed by atoms with E-state index in [1.54, 1.807) is 6.92 Å². The van der Waals surface area contributed by atoms with Gasteiger partial charge in [-0.05, 0) is 30.5 Å². The summed E-state index contributed by atoms with van der Waals surface area (Å²) in [5.41, 5.74) is 6.84. The molecule has 2 N–H and O–H groups in total. The van der Waals surface area contributed by atoms with Crippen molar-refractivity contribution in [1.29, 1.82) is 0 Å². The second-order valence-electron chi connectivity index (χ2n) is 6.72. The Morgan fingerprint density at radius 2 is 1.88 bits per heavy atom. The summed E-state index contributed by atoms with van der Waals surface area (Å²) in [7, 11) is 0. The fourth-order valence-corrected chi connectivity index (χ4v) is 3.28. The number of aromatic nitrogens is 1. The van der Waals surface area contributed by atoms with Crippen LogP contribution >= 0.6 is 0 Å². The van der Waals surface area contributed by atoms with Crippen molar-refractivity contribution in [2.45, 2.75) is 33.5 Å². The first-order valence-corrected chi connectivity index (χ1v) is 8.75. The number of carbonyl (C=O) groups is 1. The molecule has 3 aromatic rings. The SMILES string of the molecule is Cc1ccc(-c2noc(C)c2C(=O)NCc2ccc3c(c2)CNC3)cc1. The molecule has 0 saturated carbocycles. The third-order valence-corrected chi connectivity index (χ3v) is 4.77. The minimum absolute atomic E-state index is 0.169. The van der Waals surface area contributed by atoms with Crippen LogP contribution in [-0.2, 0) is 19.6 Å². The van der Waals surface area contributed by atoms with Gasteiger partial charge >= 0.3 is 0 Å². The Bertz CT molecular complexity index is 958. The third kappa shape index (κ3) is 3.13. The Labute approximate surface area is 152 Å². The molecular formula is C21H21N3O2. The van der Waals surface area contributed by atoms with Crippen molar-refractivity contribution in [2.75, 3.05) is 0 Å². The number of amides is 1.